The van der Waals surface area contributed by atoms with Gasteiger partial charge in [0.25, 0.3) is 0 Å². The second-order valence-electron chi connectivity index (χ2n) is 10.2. The van der Waals surface area contributed by atoms with Gasteiger partial charge in [0.05, 0.1) is 37.2 Å². The standard InChI is InChI=1S/C32H31ClFN3O5/c1-20-7-3-10-29(21(20)2)41-13-5-11-30(38)37-12-6-14-42-31-24(8-4-9-28(31)37)23-17-35-36(18-23)19-25-26(33)15-22(32(39)40)16-27(25)34/h3-4,7-10,15-18H,5-6,11-14,19H2,1-2H3,(H,39,40). The third-order valence-electron chi connectivity index (χ3n) is 7.36. The zero-order valence-corrected chi connectivity index (χ0v) is 24.2. The minimum absolute atomic E-state index is 0.00548. The van der Waals surface area contributed by atoms with Crippen LogP contribution in [0.4, 0.5) is 10.1 Å². The molecule has 1 aromatic heterocycles. The number of carbonyl (C=O) groups is 2. The third kappa shape index (κ3) is 6.26. The molecule has 0 fully saturated rings. The predicted octanol–water partition coefficient (Wildman–Crippen LogP) is 6.68. The van der Waals surface area contributed by atoms with Crippen molar-refractivity contribution in [2.45, 2.75) is 39.7 Å². The fourth-order valence-corrected chi connectivity index (χ4v) is 5.21. The van der Waals surface area contributed by atoms with Crippen LogP contribution in [-0.4, -0.2) is 46.5 Å². The van der Waals surface area contributed by atoms with Crippen LogP contribution in [0, 0.1) is 19.7 Å². The van der Waals surface area contributed by atoms with E-state index in [2.05, 4.69) is 5.10 Å². The van der Waals surface area contributed by atoms with Gasteiger partial charge in [0.2, 0.25) is 5.91 Å². The Bertz CT molecular complexity index is 1610. The van der Waals surface area contributed by atoms with Crippen LogP contribution >= 0.6 is 11.6 Å². The summed E-state index contributed by atoms with van der Waals surface area (Å²) in [6.07, 6.45) is 4.97. The molecule has 1 aliphatic rings. The number of carbonyl (C=O) groups excluding carboxylic acids is 1. The minimum atomic E-state index is -1.26. The first-order valence-electron chi connectivity index (χ1n) is 13.7. The van der Waals surface area contributed by atoms with E-state index >= 15 is 0 Å². The number of hydrogen-bond donors (Lipinski definition) is 1. The summed E-state index contributed by atoms with van der Waals surface area (Å²) in [6, 6.07) is 13.7. The van der Waals surface area contributed by atoms with Gasteiger partial charge in [-0.3, -0.25) is 9.48 Å². The number of nitrogens with zero attached hydrogens (tertiary/aromatic N) is 3. The molecular formula is C32H31ClFN3O5. The lowest BCUT2D eigenvalue weighted by molar-refractivity contribution is -0.118. The van der Waals surface area contributed by atoms with Crippen molar-refractivity contribution in [3.8, 4) is 22.6 Å². The molecule has 0 saturated heterocycles. The summed E-state index contributed by atoms with van der Waals surface area (Å²) >= 11 is 6.19. The molecule has 0 unspecified atom stereocenters. The highest BCUT2D eigenvalue weighted by molar-refractivity contribution is 6.31. The molecular weight excluding hydrogens is 561 g/mol. The van der Waals surface area contributed by atoms with Crippen molar-refractivity contribution < 1.29 is 28.6 Å². The maximum atomic E-state index is 14.7. The van der Waals surface area contributed by atoms with Gasteiger partial charge in [-0.15, -0.1) is 0 Å². The molecule has 42 heavy (non-hydrogen) atoms. The number of anilines is 1. The van der Waals surface area contributed by atoms with Crippen molar-refractivity contribution >= 4 is 29.2 Å². The summed E-state index contributed by atoms with van der Waals surface area (Å²) in [5.74, 6) is -0.559. The molecule has 0 radical (unpaired) electrons. The van der Waals surface area contributed by atoms with Crippen molar-refractivity contribution in [3.63, 3.8) is 0 Å². The van der Waals surface area contributed by atoms with E-state index in [1.807, 2.05) is 50.2 Å². The van der Waals surface area contributed by atoms with E-state index in [1.54, 1.807) is 17.3 Å². The number of fused-ring (bicyclic) bond motifs is 1. The molecule has 0 spiro atoms. The Labute approximate surface area is 248 Å². The first-order chi connectivity index (χ1) is 20.2. The summed E-state index contributed by atoms with van der Waals surface area (Å²) in [6.45, 7) is 5.51. The van der Waals surface area contributed by atoms with Crippen LogP contribution in [0.15, 0.2) is 60.9 Å². The molecule has 5 rings (SSSR count). The number of halogens is 2. The maximum absolute atomic E-state index is 14.7. The number of rotatable bonds is 9. The van der Waals surface area contributed by atoms with Gasteiger partial charge >= 0.3 is 5.97 Å². The van der Waals surface area contributed by atoms with E-state index in [1.165, 1.54) is 10.7 Å². The average Bonchev–Trinajstić information content (AvgIpc) is 3.32. The van der Waals surface area contributed by atoms with Crippen molar-refractivity contribution in [2.75, 3.05) is 24.7 Å². The monoisotopic (exact) mass is 591 g/mol. The van der Waals surface area contributed by atoms with E-state index in [9.17, 15) is 14.0 Å². The summed E-state index contributed by atoms with van der Waals surface area (Å²) < 4.78 is 28.2. The topological polar surface area (TPSA) is 93.9 Å². The number of aryl methyl sites for hydroxylation is 1. The number of hydrogen-bond acceptors (Lipinski definition) is 5. The van der Waals surface area contributed by atoms with Crippen LogP contribution in [0.3, 0.4) is 0 Å². The van der Waals surface area contributed by atoms with Crippen LogP contribution in [0.2, 0.25) is 5.02 Å². The highest BCUT2D eigenvalue weighted by Gasteiger charge is 2.25. The van der Waals surface area contributed by atoms with Crippen molar-refractivity contribution in [1.82, 2.24) is 9.78 Å². The van der Waals surface area contributed by atoms with E-state index in [0.717, 1.165) is 34.1 Å². The number of carboxylic acid groups (broad SMARTS) is 1. The first kappa shape index (κ1) is 29.1. The number of carboxylic acids is 1. The molecule has 0 bridgehead atoms. The van der Waals surface area contributed by atoms with Gasteiger partial charge in [0, 0.05) is 40.9 Å². The molecule has 1 amide bonds. The zero-order valence-electron chi connectivity index (χ0n) is 23.4. The normalized spacial score (nSPS) is 12.8. The fraction of sp³-hybridized carbons (Fsp3) is 0.281. The van der Waals surface area contributed by atoms with Gasteiger partial charge in [0.1, 0.15) is 11.6 Å². The van der Waals surface area contributed by atoms with E-state index in [4.69, 9.17) is 26.2 Å². The smallest absolute Gasteiger partial charge is 0.335 e. The van der Waals surface area contributed by atoms with Gasteiger partial charge in [-0.25, -0.2) is 9.18 Å². The average molecular weight is 592 g/mol. The highest BCUT2D eigenvalue weighted by Crippen LogP contribution is 2.40. The Kier molecular flexibility index (Phi) is 8.77. The summed E-state index contributed by atoms with van der Waals surface area (Å²) in [4.78, 5) is 26.3. The number of aromatic carboxylic acids is 1. The lowest BCUT2D eigenvalue weighted by Gasteiger charge is -2.23. The van der Waals surface area contributed by atoms with E-state index in [-0.39, 0.29) is 28.6 Å². The second kappa shape index (κ2) is 12.7. The highest BCUT2D eigenvalue weighted by atomic mass is 35.5. The molecule has 218 valence electrons. The number of benzene rings is 3. The summed E-state index contributed by atoms with van der Waals surface area (Å²) in [5, 5.41) is 13.5. The molecule has 8 nitrogen and oxygen atoms in total. The predicted molar refractivity (Wildman–Crippen MR) is 158 cm³/mol. The Morgan fingerprint density at radius 1 is 1.17 bits per heavy atom. The fourth-order valence-electron chi connectivity index (χ4n) is 4.94. The van der Waals surface area contributed by atoms with Crippen LogP contribution < -0.4 is 14.4 Å². The molecule has 0 aliphatic carbocycles. The molecule has 3 aromatic carbocycles. The SMILES string of the molecule is Cc1cccc(OCCCC(=O)N2CCCOc3c(-c4cnn(Cc5c(F)cc(C(=O)O)cc5Cl)c4)cccc32)c1C. The van der Waals surface area contributed by atoms with Gasteiger partial charge in [-0.05, 0) is 62.1 Å². The molecule has 0 saturated carbocycles. The molecule has 2 heterocycles. The van der Waals surface area contributed by atoms with Gasteiger partial charge in [-0.1, -0.05) is 35.9 Å². The molecule has 4 aromatic rings. The van der Waals surface area contributed by atoms with Crippen molar-refractivity contribution in [3.05, 3.63) is 94.0 Å². The summed E-state index contributed by atoms with van der Waals surface area (Å²) in [5.41, 5.74) is 4.35. The quantitative estimate of drug-likeness (QED) is 0.218. The Balaban J connectivity index is 1.30. The molecule has 0 atom stereocenters. The van der Waals surface area contributed by atoms with Gasteiger partial charge < -0.3 is 19.5 Å². The minimum Gasteiger partial charge on any atom is -0.493 e. The lowest BCUT2D eigenvalue weighted by atomic mass is 10.1. The van der Waals surface area contributed by atoms with E-state index < -0.39 is 11.8 Å². The Morgan fingerprint density at radius 2 is 1.98 bits per heavy atom. The van der Waals surface area contributed by atoms with Gasteiger partial charge in [-0.2, -0.15) is 5.10 Å². The van der Waals surface area contributed by atoms with Crippen LogP contribution in [-0.2, 0) is 11.3 Å². The third-order valence-corrected chi connectivity index (χ3v) is 7.70. The van der Waals surface area contributed by atoms with Crippen molar-refractivity contribution in [2.24, 2.45) is 0 Å². The van der Waals surface area contributed by atoms with Crippen molar-refractivity contribution in [1.29, 1.82) is 0 Å². The maximum Gasteiger partial charge on any atom is 0.335 e. The molecule has 1 aliphatic heterocycles. The molecule has 10 heteroatoms. The van der Waals surface area contributed by atoms with Gasteiger partial charge in [0.15, 0.2) is 5.75 Å². The largest absolute Gasteiger partial charge is 0.493 e. The van der Waals surface area contributed by atoms with Crippen LogP contribution in [0.25, 0.3) is 11.1 Å². The lowest BCUT2D eigenvalue weighted by Crippen LogP contribution is -2.31. The number of aromatic nitrogens is 2. The molecule has 1 N–H and O–H groups in total. The van der Waals surface area contributed by atoms with E-state index in [0.29, 0.717) is 50.5 Å². The number of amides is 1. The Morgan fingerprint density at radius 3 is 2.76 bits per heavy atom. The second-order valence-corrected chi connectivity index (χ2v) is 10.6. The number of para-hydroxylation sites is 1. The zero-order chi connectivity index (χ0) is 29.8. The van der Waals surface area contributed by atoms with Crippen LogP contribution in [0.1, 0.15) is 46.3 Å². The Hall–Kier alpha value is -4.37. The number of ether oxygens (including phenoxy) is 2. The summed E-state index contributed by atoms with van der Waals surface area (Å²) in [7, 11) is 0. The van der Waals surface area contributed by atoms with Crippen LogP contribution in [0.5, 0.6) is 11.5 Å². The first-order valence-corrected chi connectivity index (χ1v) is 14.1.